The molecule has 3 N–H and O–H groups in total. The van der Waals surface area contributed by atoms with Gasteiger partial charge in [0.15, 0.2) is 5.96 Å². The van der Waals surface area contributed by atoms with Gasteiger partial charge in [-0.3, -0.25) is 4.99 Å². The van der Waals surface area contributed by atoms with E-state index in [2.05, 4.69) is 66.6 Å². The van der Waals surface area contributed by atoms with Gasteiger partial charge in [0.25, 0.3) is 0 Å². The molecule has 0 bridgehead atoms. The Bertz CT molecular complexity index is 764. The molecular weight excluding hydrogens is 409 g/mol. The Kier molecular flexibility index (Phi) is 4.85. The number of hydrogen-bond acceptors (Lipinski definition) is 1. The zero-order valence-electron chi connectivity index (χ0n) is 14.1. The fraction of sp³-hybridized carbons (Fsp3) is 0.350. The van der Waals surface area contributed by atoms with Crippen LogP contribution in [0, 0.1) is 25.7 Å². The Morgan fingerprint density at radius 2 is 1.88 bits per heavy atom. The molecule has 24 heavy (non-hydrogen) atoms. The minimum Gasteiger partial charge on any atom is -0.370 e. The summed E-state index contributed by atoms with van der Waals surface area (Å²) in [6.45, 7) is 5.01. The lowest BCUT2D eigenvalue weighted by Gasteiger charge is -2.09. The maximum absolute atomic E-state index is 6.07. The molecule has 2 aliphatic carbocycles. The van der Waals surface area contributed by atoms with Crippen molar-refractivity contribution in [2.75, 3.05) is 11.9 Å². The summed E-state index contributed by atoms with van der Waals surface area (Å²) < 4.78 is 0. The summed E-state index contributed by atoms with van der Waals surface area (Å²) >= 11 is 0. The number of hydrogen-bond donors (Lipinski definition) is 2. The van der Waals surface area contributed by atoms with E-state index in [4.69, 9.17) is 5.73 Å². The number of rotatable bonds is 3. The van der Waals surface area contributed by atoms with Crippen LogP contribution < -0.4 is 11.1 Å². The standard InChI is InChI=1S/C20H23N3.HI/c1-12-7-13(2)9-15(8-12)23-20(21)22-11-18-17-10-14-5-3-4-6-16(14)19(17)18;/h3-9,17-19H,10-11H2,1-2H3,(H3,21,22,23);1H. The summed E-state index contributed by atoms with van der Waals surface area (Å²) in [5.41, 5.74) is 12.6. The molecular formula is C20H24IN3. The van der Waals surface area contributed by atoms with Crippen LogP contribution in [-0.4, -0.2) is 12.5 Å². The monoisotopic (exact) mass is 433 g/mol. The number of nitrogens with zero attached hydrogens (tertiary/aromatic N) is 1. The van der Waals surface area contributed by atoms with Crippen molar-refractivity contribution in [3.05, 3.63) is 64.7 Å². The third-order valence-corrected chi connectivity index (χ3v) is 5.17. The van der Waals surface area contributed by atoms with E-state index in [1.165, 1.54) is 23.1 Å². The first-order valence-electron chi connectivity index (χ1n) is 8.35. The number of halogens is 1. The Morgan fingerprint density at radius 1 is 1.17 bits per heavy atom. The maximum atomic E-state index is 6.07. The Morgan fingerprint density at radius 3 is 2.62 bits per heavy atom. The molecule has 4 rings (SSSR count). The summed E-state index contributed by atoms with van der Waals surface area (Å²) in [6.07, 6.45) is 1.21. The highest BCUT2D eigenvalue weighted by Crippen LogP contribution is 2.61. The summed E-state index contributed by atoms with van der Waals surface area (Å²) in [5.74, 6) is 2.69. The van der Waals surface area contributed by atoms with E-state index < -0.39 is 0 Å². The number of nitrogens with one attached hydrogen (secondary N) is 1. The van der Waals surface area contributed by atoms with E-state index in [0.717, 1.165) is 18.2 Å². The fourth-order valence-corrected chi connectivity index (χ4v) is 4.17. The van der Waals surface area contributed by atoms with Gasteiger partial charge < -0.3 is 11.1 Å². The van der Waals surface area contributed by atoms with E-state index in [1.807, 2.05) is 0 Å². The number of nitrogens with two attached hydrogens (primary N) is 1. The smallest absolute Gasteiger partial charge is 0.193 e. The quantitative estimate of drug-likeness (QED) is 0.433. The van der Waals surface area contributed by atoms with Crippen molar-refractivity contribution in [1.29, 1.82) is 0 Å². The van der Waals surface area contributed by atoms with Gasteiger partial charge in [0, 0.05) is 12.2 Å². The molecule has 0 heterocycles. The van der Waals surface area contributed by atoms with Crippen molar-refractivity contribution in [3.63, 3.8) is 0 Å². The minimum absolute atomic E-state index is 0. The molecule has 3 nitrogen and oxygen atoms in total. The van der Waals surface area contributed by atoms with Gasteiger partial charge >= 0.3 is 0 Å². The van der Waals surface area contributed by atoms with Crippen molar-refractivity contribution in [2.24, 2.45) is 22.6 Å². The second kappa shape index (κ2) is 6.75. The van der Waals surface area contributed by atoms with Gasteiger partial charge in [0.1, 0.15) is 0 Å². The van der Waals surface area contributed by atoms with E-state index in [-0.39, 0.29) is 24.0 Å². The van der Waals surface area contributed by atoms with Crippen molar-refractivity contribution < 1.29 is 0 Å². The summed E-state index contributed by atoms with van der Waals surface area (Å²) in [7, 11) is 0. The molecule has 0 spiro atoms. The van der Waals surface area contributed by atoms with Gasteiger partial charge in [0.05, 0.1) is 0 Å². The average Bonchev–Trinajstić information content (AvgIpc) is 3.03. The molecule has 1 fully saturated rings. The lowest BCUT2D eigenvalue weighted by atomic mass is 10.0. The SMILES string of the molecule is Cc1cc(C)cc(NC(N)=NCC2C3Cc4ccccc4C23)c1.I. The first kappa shape index (κ1) is 17.3. The first-order valence-corrected chi connectivity index (χ1v) is 8.35. The molecule has 4 heteroatoms. The van der Waals surface area contributed by atoms with Gasteiger partial charge in [-0.25, -0.2) is 0 Å². The number of guanidine groups is 1. The summed E-state index contributed by atoms with van der Waals surface area (Å²) in [6, 6.07) is 15.2. The summed E-state index contributed by atoms with van der Waals surface area (Å²) in [5, 5.41) is 3.22. The van der Waals surface area contributed by atoms with Crippen LogP contribution in [0.5, 0.6) is 0 Å². The second-order valence-corrected chi connectivity index (χ2v) is 6.98. The van der Waals surface area contributed by atoms with Crippen molar-refractivity contribution in [2.45, 2.75) is 26.2 Å². The fourth-order valence-electron chi connectivity index (χ4n) is 4.17. The first-order chi connectivity index (χ1) is 11.1. The molecule has 0 aromatic heterocycles. The molecule has 1 saturated carbocycles. The Labute approximate surface area is 160 Å². The van der Waals surface area contributed by atoms with Crippen LogP contribution in [0.2, 0.25) is 0 Å². The zero-order chi connectivity index (χ0) is 16.0. The van der Waals surface area contributed by atoms with Gasteiger partial charge in [-0.15, -0.1) is 24.0 Å². The van der Waals surface area contributed by atoms with E-state index >= 15 is 0 Å². The molecule has 0 radical (unpaired) electrons. The zero-order valence-corrected chi connectivity index (χ0v) is 16.5. The third-order valence-electron chi connectivity index (χ3n) is 5.17. The number of aryl methyl sites for hydroxylation is 2. The normalized spacial score (nSPS) is 23.9. The minimum atomic E-state index is 0. The third kappa shape index (κ3) is 3.29. The highest BCUT2D eigenvalue weighted by Gasteiger charge is 2.54. The van der Waals surface area contributed by atoms with Crippen molar-refractivity contribution >= 4 is 35.6 Å². The van der Waals surface area contributed by atoms with Crippen LogP contribution in [0.3, 0.4) is 0 Å². The lowest BCUT2D eigenvalue weighted by Crippen LogP contribution is -2.23. The Hall–Kier alpha value is -1.56. The molecule has 3 atom stereocenters. The van der Waals surface area contributed by atoms with E-state index in [9.17, 15) is 0 Å². The molecule has 2 aliphatic rings. The number of aliphatic imine (C=N–C) groups is 1. The number of anilines is 1. The molecule has 0 saturated heterocycles. The van der Waals surface area contributed by atoms with Crippen LogP contribution in [0.25, 0.3) is 0 Å². The average molecular weight is 433 g/mol. The summed E-state index contributed by atoms with van der Waals surface area (Å²) in [4.78, 5) is 4.58. The van der Waals surface area contributed by atoms with Gasteiger partial charge in [0.2, 0.25) is 0 Å². The van der Waals surface area contributed by atoms with Gasteiger partial charge in [-0.2, -0.15) is 0 Å². The Balaban J connectivity index is 0.00000169. The van der Waals surface area contributed by atoms with Crippen LogP contribution >= 0.6 is 24.0 Å². The molecule has 0 aliphatic heterocycles. The van der Waals surface area contributed by atoms with Gasteiger partial charge in [-0.05, 0) is 72.4 Å². The molecule has 2 aromatic rings. The molecule has 0 amide bonds. The van der Waals surface area contributed by atoms with Crippen LogP contribution in [-0.2, 0) is 6.42 Å². The number of fused-ring (bicyclic) bond motifs is 3. The predicted molar refractivity (Wildman–Crippen MR) is 111 cm³/mol. The van der Waals surface area contributed by atoms with E-state index in [0.29, 0.717) is 17.8 Å². The predicted octanol–water partition coefficient (Wildman–Crippen LogP) is 4.23. The highest BCUT2D eigenvalue weighted by molar-refractivity contribution is 14.0. The van der Waals surface area contributed by atoms with Crippen molar-refractivity contribution in [1.82, 2.24) is 0 Å². The largest absolute Gasteiger partial charge is 0.370 e. The van der Waals surface area contributed by atoms with Crippen LogP contribution in [0.15, 0.2) is 47.5 Å². The van der Waals surface area contributed by atoms with Crippen molar-refractivity contribution in [3.8, 4) is 0 Å². The number of benzene rings is 2. The topological polar surface area (TPSA) is 50.4 Å². The van der Waals surface area contributed by atoms with Crippen LogP contribution in [0.4, 0.5) is 5.69 Å². The molecule has 2 aromatic carbocycles. The highest BCUT2D eigenvalue weighted by atomic mass is 127. The molecule has 126 valence electrons. The lowest BCUT2D eigenvalue weighted by molar-refractivity contribution is 0.701. The molecule has 3 unspecified atom stereocenters. The second-order valence-electron chi connectivity index (χ2n) is 6.98. The van der Waals surface area contributed by atoms with Crippen LogP contribution in [0.1, 0.15) is 28.2 Å². The maximum Gasteiger partial charge on any atom is 0.193 e. The van der Waals surface area contributed by atoms with Gasteiger partial charge in [-0.1, -0.05) is 30.3 Å². The van der Waals surface area contributed by atoms with E-state index in [1.54, 1.807) is 5.56 Å².